The summed E-state index contributed by atoms with van der Waals surface area (Å²) in [6.45, 7) is 10.4. The number of carbonyl (C=O) groups is 2. The Morgan fingerprint density at radius 2 is 1.70 bits per heavy atom. The molecule has 1 aliphatic rings. The van der Waals surface area contributed by atoms with E-state index in [1.807, 2.05) is 41.1 Å². The van der Waals surface area contributed by atoms with E-state index in [1.54, 1.807) is 13.0 Å². The van der Waals surface area contributed by atoms with Gasteiger partial charge in [-0.25, -0.2) is 4.79 Å². The summed E-state index contributed by atoms with van der Waals surface area (Å²) in [4.78, 5) is 28.2. The molecule has 0 aliphatic carbocycles. The van der Waals surface area contributed by atoms with Crippen molar-refractivity contribution in [3.63, 3.8) is 0 Å². The van der Waals surface area contributed by atoms with Crippen LogP contribution in [0, 0.1) is 0 Å². The molecule has 0 saturated carbocycles. The second-order valence-corrected chi connectivity index (χ2v) is 12.1. The maximum atomic E-state index is 13.7. The highest BCUT2D eigenvalue weighted by Gasteiger charge is 2.24. The number of rotatable bonds is 9. The minimum atomic E-state index is -0.409. The Hall–Kier alpha value is -4.39. The fraction of sp³-hybridized carbons (Fsp3) is 0.361. The molecule has 1 atom stereocenters. The van der Waals surface area contributed by atoms with Gasteiger partial charge in [-0.05, 0) is 82.4 Å². The maximum absolute atomic E-state index is 13.7. The van der Waals surface area contributed by atoms with Crippen LogP contribution in [0.4, 0.5) is 5.69 Å². The van der Waals surface area contributed by atoms with Crippen LogP contribution >= 0.6 is 0 Å². The molecule has 0 radical (unpaired) electrons. The van der Waals surface area contributed by atoms with Gasteiger partial charge in [0.25, 0.3) is 0 Å². The molecule has 1 aliphatic heterocycles. The van der Waals surface area contributed by atoms with Crippen molar-refractivity contribution >= 4 is 34.5 Å². The molecule has 1 N–H and O–H groups in total. The second kappa shape index (κ2) is 13.3. The first-order chi connectivity index (χ1) is 20.7. The number of hydrogen-bond acceptors (Lipinski definition) is 5. The largest absolute Gasteiger partial charge is 0.463 e. The number of aromatic nitrogens is 2. The molecule has 224 valence electrons. The van der Waals surface area contributed by atoms with Crippen LogP contribution in [0.5, 0.6) is 0 Å². The van der Waals surface area contributed by atoms with Crippen LogP contribution in [-0.4, -0.2) is 41.4 Å². The van der Waals surface area contributed by atoms with E-state index >= 15 is 0 Å². The van der Waals surface area contributed by atoms with E-state index in [1.165, 1.54) is 31.0 Å². The topological polar surface area (TPSA) is 76.5 Å². The lowest BCUT2D eigenvalue weighted by atomic mass is 9.95. The molecule has 3 aromatic carbocycles. The molecule has 7 nitrogen and oxygen atoms in total. The van der Waals surface area contributed by atoms with Crippen molar-refractivity contribution in [2.45, 2.75) is 65.0 Å². The van der Waals surface area contributed by atoms with Crippen molar-refractivity contribution in [1.82, 2.24) is 15.1 Å². The Kier molecular flexibility index (Phi) is 9.29. The van der Waals surface area contributed by atoms with Gasteiger partial charge in [0.05, 0.1) is 35.8 Å². The van der Waals surface area contributed by atoms with Gasteiger partial charge < -0.3 is 15.0 Å². The summed E-state index contributed by atoms with van der Waals surface area (Å²) in [6.07, 6.45) is 6.94. The molecule has 0 bridgehead atoms. The van der Waals surface area contributed by atoms with Crippen molar-refractivity contribution in [2.24, 2.45) is 0 Å². The fourth-order valence-electron chi connectivity index (χ4n) is 5.81. The summed E-state index contributed by atoms with van der Waals surface area (Å²) in [7, 11) is 0. The first-order valence-corrected chi connectivity index (χ1v) is 15.3. The van der Waals surface area contributed by atoms with Gasteiger partial charge in [-0.3, -0.25) is 9.48 Å². The highest BCUT2D eigenvalue weighted by molar-refractivity contribution is 5.93. The number of piperidine rings is 1. The number of para-hydroxylation sites is 1. The van der Waals surface area contributed by atoms with E-state index in [4.69, 9.17) is 9.84 Å². The molecule has 0 spiro atoms. The molecule has 4 aromatic rings. The molecule has 43 heavy (non-hydrogen) atoms. The Bertz CT molecular complexity index is 1590. The number of nitrogens with one attached hydrogen (secondary N) is 1. The number of benzene rings is 3. The average Bonchev–Trinajstić information content (AvgIpc) is 3.38. The summed E-state index contributed by atoms with van der Waals surface area (Å²) < 4.78 is 7.03. The summed E-state index contributed by atoms with van der Waals surface area (Å²) in [5.74, 6) is -0.471. The Morgan fingerprint density at radius 1 is 0.977 bits per heavy atom. The van der Waals surface area contributed by atoms with Gasteiger partial charge in [-0.15, -0.1) is 0 Å². The van der Waals surface area contributed by atoms with E-state index in [0.717, 1.165) is 40.7 Å². The number of ether oxygens (including phenoxy) is 1. The number of carbonyl (C=O) groups excluding carboxylic acids is 2. The number of amides is 1. The maximum Gasteiger partial charge on any atom is 0.330 e. The van der Waals surface area contributed by atoms with Gasteiger partial charge in [-0.1, -0.05) is 54.6 Å². The molecule has 1 aromatic heterocycles. The van der Waals surface area contributed by atoms with E-state index in [-0.39, 0.29) is 23.9 Å². The fourth-order valence-corrected chi connectivity index (χ4v) is 5.81. The Morgan fingerprint density at radius 3 is 2.42 bits per heavy atom. The quantitative estimate of drug-likeness (QED) is 0.175. The van der Waals surface area contributed by atoms with E-state index in [9.17, 15) is 9.59 Å². The Labute approximate surface area is 254 Å². The monoisotopic (exact) mass is 578 g/mol. The standard InChI is InChI=1S/C36H42N4O3/c1-5-43-34(42)21-19-30-29-24-26(18-20-32(29)40(38-30)36(2,3)4)25-33(41)37-35(27-14-8-6-9-15-27)28-16-10-11-17-31(28)39-22-12-7-13-23-39/h6,8-11,14-21,24,35H,5,7,12-13,22-23,25H2,1-4H3,(H,37,41). The van der Waals surface area contributed by atoms with E-state index in [0.29, 0.717) is 12.3 Å². The second-order valence-electron chi connectivity index (χ2n) is 12.1. The van der Waals surface area contributed by atoms with Gasteiger partial charge >= 0.3 is 5.97 Å². The van der Waals surface area contributed by atoms with Crippen molar-refractivity contribution in [3.05, 3.63) is 101 Å². The van der Waals surface area contributed by atoms with Crippen molar-refractivity contribution in [1.29, 1.82) is 0 Å². The number of hydrogen-bond donors (Lipinski definition) is 1. The molecular weight excluding hydrogens is 536 g/mol. The minimum absolute atomic E-state index is 0.0616. The normalized spacial score (nSPS) is 14.7. The van der Waals surface area contributed by atoms with E-state index < -0.39 is 5.97 Å². The zero-order valence-electron chi connectivity index (χ0n) is 25.7. The number of esters is 1. The van der Waals surface area contributed by atoms with Gasteiger partial charge in [0.2, 0.25) is 5.91 Å². The highest BCUT2D eigenvalue weighted by atomic mass is 16.5. The third-order valence-electron chi connectivity index (χ3n) is 7.82. The lowest BCUT2D eigenvalue weighted by Gasteiger charge is -2.33. The molecule has 1 fully saturated rings. The molecule has 5 rings (SSSR count). The SMILES string of the molecule is CCOC(=O)C=Cc1nn(C(C)(C)C)c2ccc(CC(=O)NC(c3ccccc3)c3ccccc3N3CCCCC3)cc12. The third-order valence-corrected chi connectivity index (χ3v) is 7.82. The number of nitrogens with zero attached hydrogens (tertiary/aromatic N) is 3. The zero-order chi connectivity index (χ0) is 30.4. The lowest BCUT2D eigenvalue weighted by molar-refractivity contribution is -0.137. The van der Waals surface area contributed by atoms with Crippen molar-refractivity contribution in [2.75, 3.05) is 24.6 Å². The van der Waals surface area contributed by atoms with Crippen LogP contribution < -0.4 is 10.2 Å². The van der Waals surface area contributed by atoms with Crippen LogP contribution in [0.15, 0.2) is 78.9 Å². The smallest absolute Gasteiger partial charge is 0.330 e. The summed E-state index contributed by atoms with van der Waals surface area (Å²) in [5, 5.41) is 9.06. The molecule has 1 unspecified atom stereocenters. The molecule has 2 heterocycles. The van der Waals surface area contributed by atoms with Crippen molar-refractivity contribution < 1.29 is 14.3 Å². The molecular formula is C36H42N4O3. The molecule has 1 saturated heterocycles. The summed E-state index contributed by atoms with van der Waals surface area (Å²) in [6, 6.07) is 24.4. The predicted octanol–water partition coefficient (Wildman–Crippen LogP) is 6.81. The predicted molar refractivity (Wildman–Crippen MR) is 173 cm³/mol. The highest BCUT2D eigenvalue weighted by Crippen LogP contribution is 2.33. The van der Waals surface area contributed by atoms with Gasteiger partial charge in [0.15, 0.2) is 0 Å². The van der Waals surface area contributed by atoms with Gasteiger partial charge in [0, 0.05) is 35.8 Å². The minimum Gasteiger partial charge on any atom is -0.463 e. The summed E-state index contributed by atoms with van der Waals surface area (Å²) >= 11 is 0. The van der Waals surface area contributed by atoms with Crippen LogP contribution in [0.3, 0.4) is 0 Å². The first kappa shape index (κ1) is 30.1. The van der Waals surface area contributed by atoms with Gasteiger partial charge in [0.1, 0.15) is 0 Å². The van der Waals surface area contributed by atoms with Crippen LogP contribution in [-0.2, 0) is 26.3 Å². The number of fused-ring (bicyclic) bond motifs is 1. The van der Waals surface area contributed by atoms with Crippen LogP contribution in [0.2, 0.25) is 0 Å². The van der Waals surface area contributed by atoms with Crippen LogP contribution in [0.1, 0.15) is 75.4 Å². The first-order valence-electron chi connectivity index (χ1n) is 15.3. The zero-order valence-corrected chi connectivity index (χ0v) is 25.7. The third kappa shape index (κ3) is 7.16. The number of anilines is 1. The lowest BCUT2D eigenvalue weighted by Crippen LogP contribution is -2.34. The van der Waals surface area contributed by atoms with Gasteiger partial charge in [-0.2, -0.15) is 5.10 Å². The van der Waals surface area contributed by atoms with Crippen molar-refractivity contribution in [3.8, 4) is 0 Å². The summed E-state index contributed by atoms with van der Waals surface area (Å²) in [5.41, 5.74) is 5.56. The Balaban J connectivity index is 1.45. The molecule has 7 heteroatoms. The van der Waals surface area contributed by atoms with E-state index in [2.05, 4.69) is 67.4 Å². The molecule has 1 amide bonds. The average molecular weight is 579 g/mol. The van der Waals surface area contributed by atoms with Crippen LogP contribution in [0.25, 0.3) is 17.0 Å².